The van der Waals surface area contributed by atoms with Crippen LogP contribution in [0, 0.1) is 5.92 Å². The van der Waals surface area contributed by atoms with E-state index in [9.17, 15) is 14.4 Å². The largest absolute Gasteiger partial charge is 0.481 e. The second-order valence-corrected chi connectivity index (χ2v) is 8.56. The van der Waals surface area contributed by atoms with Crippen LogP contribution < -0.4 is 15.4 Å². The van der Waals surface area contributed by atoms with Gasteiger partial charge in [-0.15, -0.1) is 0 Å². The fraction of sp³-hybridized carbons (Fsp3) is 0.591. The molecule has 0 aliphatic rings. The number of alkyl carbamates (subject to hydrolysis) is 1. The average molecular weight is 407 g/mol. The molecular weight excluding hydrogens is 372 g/mol. The smallest absolute Gasteiger partial charge is 0.407 e. The minimum Gasteiger partial charge on any atom is -0.481 e. The highest BCUT2D eigenvalue weighted by Gasteiger charge is 2.22. The summed E-state index contributed by atoms with van der Waals surface area (Å²) >= 11 is 0. The number of ether oxygens (including phenoxy) is 2. The number of amides is 2. The van der Waals surface area contributed by atoms with Crippen LogP contribution >= 0.6 is 0 Å². The van der Waals surface area contributed by atoms with E-state index in [2.05, 4.69) is 10.6 Å². The summed E-state index contributed by atoms with van der Waals surface area (Å²) in [6, 6.07) is 6.46. The number of nitrogens with one attached hydrogen (secondary N) is 2. The number of hydrogen-bond donors (Lipinski definition) is 2. The molecule has 162 valence electrons. The molecule has 0 spiro atoms. The summed E-state index contributed by atoms with van der Waals surface area (Å²) in [5.41, 5.74) is -0.0631. The van der Waals surface area contributed by atoms with Gasteiger partial charge in [0.25, 0.3) is 5.91 Å². The zero-order valence-electron chi connectivity index (χ0n) is 18.5. The molecule has 7 nitrogen and oxygen atoms in total. The molecule has 0 heterocycles. The van der Waals surface area contributed by atoms with Crippen LogP contribution in [-0.4, -0.2) is 42.1 Å². The van der Waals surface area contributed by atoms with E-state index in [0.29, 0.717) is 23.7 Å². The molecule has 2 N–H and O–H groups in total. The second-order valence-electron chi connectivity index (χ2n) is 8.56. The van der Waals surface area contributed by atoms with Crippen LogP contribution in [0.4, 0.5) is 4.79 Å². The molecule has 2 amide bonds. The van der Waals surface area contributed by atoms with Crippen LogP contribution in [0.15, 0.2) is 24.3 Å². The standard InChI is InChI=1S/C22H34N2O5/c1-14(2)11-18(13-23-21(27)29-22(5,6)7)24-20(26)16(4)28-19-10-8-9-17(12-19)15(3)25/h8-10,12,14,16,18H,11,13H2,1-7H3,(H,23,27)(H,24,26)/t16-,18-/m1/s1. The van der Waals surface area contributed by atoms with Crippen LogP contribution in [0.3, 0.4) is 0 Å². The lowest BCUT2D eigenvalue weighted by molar-refractivity contribution is -0.128. The summed E-state index contributed by atoms with van der Waals surface area (Å²) in [5, 5.41) is 5.63. The third-order valence-electron chi connectivity index (χ3n) is 3.92. The van der Waals surface area contributed by atoms with Gasteiger partial charge in [-0.2, -0.15) is 0 Å². The first-order chi connectivity index (χ1) is 13.4. The van der Waals surface area contributed by atoms with E-state index in [4.69, 9.17) is 9.47 Å². The summed E-state index contributed by atoms with van der Waals surface area (Å²) in [7, 11) is 0. The van der Waals surface area contributed by atoms with Crippen molar-refractivity contribution in [3.63, 3.8) is 0 Å². The van der Waals surface area contributed by atoms with Gasteiger partial charge in [-0.25, -0.2) is 4.79 Å². The van der Waals surface area contributed by atoms with Crippen molar-refractivity contribution in [1.29, 1.82) is 0 Å². The minimum atomic E-state index is -0.756. The Kier molecular flexibility index (Phi) is 9.14. The lowest BCUT2D eigenvalue weighted by Gasteiger charge is -2.25. The number of rotatable bonds is 9. The van der Waals surface area contributed by atoms with E-state index in [-0.39, 0.29) is 24.3 Å². The molecule has 7 heteroatoms. The van der Waals surface area contributed by atoms with Crippen LogP contribution in [0.1, 0.15) is 65.2 Å². The first kappa shape index (κ1) is 24.5. The third kappa shape index (κ3) is 9.96. The number of Topliss-reactive ketones (excluding diaryl/α,β-unsaturated/α-hetero) is 1. The Morgan fingerprint density at radius 1 is 1.10 bits per heavy atom. The second kappa shape index (κ2) is 10.8. The molecule has 0 aliphatic heterocycles. The van der Waals surface area contributed by atoms with E-state index in [1.165, 1.54) is 6.92 Å². The van der Waals surface area contributed by atoms with E-state index < -0.39 is 17.8 Å². The minimum absolute atomic E-state index is 0.0715. The van der Waals surface area contributed by atoms with Gasteiger partial charge in [-0.1, -0.05) is 26.0 Å². The summed E-state index contributed by atoms with van der Waals surface area (Å²) < 4.78 is 10.9. The Balaban J connectivity index is 2.67. The van der Waals surface area contributed by atoms with Gasteiger partial charge in [-0.3, -0.25) is 9.59 Å². The summed E-state index contributed by atoms with van der Waals surface area (Å²) in [6.07, 6.45) is -0.590. The number of ketones is 1. The van der Waals surface area contributed by atoms with Gasteiger partial charge in [0.2, 0.25) is 0 Å². The molecular formula is C22H34N2O5. The summed E-state index contributed by atoms with van der Waals surface area (Å²) in [5.74, 6) is 0.407. The fourth-order valence-electron chi connectivity index (χ4n) is 2.65. The maximum atomic E-state index is 12.6. The monoisotopic (exact) mass is 406 g/mol. The molecule has 0 aromatic heterocycles. The van der Waals surface area contributed by atoms with E-state index >= 15 is 0 Å². The van der Waals surface area contributed by atoms with Crippen LogP contribution in [-0.2, 0) is 9.53 Å². The average Bonchev–Trinajstić information content (AvgIpc) is 2.57. The molecule has 1 aromatic carbocycles. The first-order valence-electron chi connectivity index (χ1n) is 9.92. The van der Waals surface area contributed by atoms with Gasteiger partial charge in [0, 0.05) is 18.2 Å². The highest BCUT2D eigenvalue weighted by atomic mass is 16.6. The number of hydrogen-bond acceptors (Lipinski definition) is 5. The SMILES string of the molecule is CC(=O)c1cccc(O[C@H](C)C(=O)N[C@@H](CNC(=O)OC(C)(C)C)CC(C)C)c1. The maximum Gasteiger partial charge on any atom is 0.407 e. The van der Waals surface area contributed by atoms with Crippen LogP contribution in [0.2, 0.25) is 0 Å². The van der Waals surface area contributed by atoms with Gasteiger partial charge in [0.1, 0.15) is 11.4 Å². The van der Waals surface area contributed by atoms with E-state index in [0.717, 1.165) is 0 Å². The van der Waals surface area contributed by atoms with Crippen molar-refractivity contribution in [2.24, 2.45) is 5.92 Å². The Hall–Kier alpha value is -2.57. The Labute approximate surface area is 173 Å². The predicted molar refractivity (Wildman–Crippen MR) is 112 cm³/mol. The molecule has 1 aromatic rings. The van der Waals surface area contributed by atoms with Crippen molar-refractivity contribution in [2.45, 2.75) is 72.6 Å². The molecule has 0 radical (unpaired) electrons. The maximum absolute atomic E-state index is 12.6. The summed E-state index contributed by atoms with van der Waals surface area (Å²) in [6.45, 7) is 12.8. The van der Waals surface area contributed by atoms with Crippen molar-refractivity contribution in [3.8, 4) is 5.75 Å². The lowest BCUT2D eigenvalue weighted by atomic mass is 10.0. The molecule has 0 bridgehead atoms. The quantitative estimate of drug-likeness (QED) is 0.610. The van der Waals surface area contributed by atoms with Gasteiger partial charge < -0.3 is 20.1 Å². The predicted octanol–water partition coefficient (Wildman–Crippen LogP) is 3.71. The van der Waals surface area contributed by atoms with E-state index in [1.807, 2.05) is 13.8 Å². The first-order valence-corrected chi connectivity index (χ1v) is 9.92. The molecule has 29 heavy (non-hydrogen) atoms. The van der Waals surface area contributed by atoms with Crippen molar-refractivity contribution in [1.82, 2.24) is 10.6 Å². The molecule has 0 fully saturated rings. The number of carbonyl (C=O) groups is 3. The molecule has 0 aliphatic carbocycles. The normalized spacial score (nSPS) is 13.4. The number of carbonyl (C=O) groups excluding carboxylic acids is 3. The van der Waals surface area contributed by atoms with Crippen LogP contribution in [0.25, 0.3) is 0 Å². The topological polar surface area (TPSA) is 93.7 Å². The van der Waals surface area contributed by atoms with Crippen LogP contribution in [0.5, 0.6) is 5.75 Å². The zero-order valence-corrected chi connectivity index (χ0v) is 18.5. The van der Waals surface area contributed by atoms with Crippen molar-refractivity contribution in [3.05, 3.63) is 29.8 Å². The molecule has 0 saturated carbocycles. The Morgan fingerprint density at radius 3 is 2.31 bits per heavy atom. The fourth-order valence-corrected chi connectivity index (χ4v) is 2.65. The highest BCUT2D eigenvalue weighted by molar-refractivity contribution is 5.94. The van der Waals surface area contributed by atoms with Gasteiger partial charge in [0.15, 0.2) is 11.9 Å². The zero-order chi connectivity index (χ0) is 22.2. The van der Waals surface area contributed by atoms with Crippen molar-refractivity contribution >= 4 is 17.8 Å². The summed E-state index contributed by atoms with van der Waals surface area (Å²) in [4.78, 5) is 36.0. The molecule has 0 saturated heterocycles. The number of benzene rings is 1. The Morgan fingerprint density at radius 2 is 1.76 bits per heavy atom. The lowest BCUT2D eigenvalue weighted by Crippen LogP contribution is -2.48. The van der Waals surface area contributed by atoms with Gasteiger partial charge >= 0.3 is 6.09 Å². The van der Waals surface area contributed by atoms with Crippen molar-refractivity contribution < 1.29 is 23.9 Å². The Bertz CT molecular complexity index is 709. The molecule has 1 rings (SSSR count). The van der Waals surface area contributed by atoms with Gasteiger partial charge in [0.05, 0.1) is 0 Å². The molecule has 0 unspecified atom stereocenters. The highest BCUT2D eigenvalue weighted by Crippen LogP contribution is 2.16. The van der Waals surface area contributed by atoms with E-state index in [1.54, 1.807) is 52.0 Å². The van der Waals surface area contributed by atoms with Crippen molar-refractivity contribution in [2.75, 3.05) is 6.54 Å². The third-order valence-corrected chi connectivity index (χ3v) is 3.92. The molecule has 2 atom stereocenters. The van der Waals surface area contributed by atoms with Gasteiger partial charge in [-0.05, 0) is 59.1 Å².